The lowest BCUT2D eigenvalue weighted by Gasteiger charge is -2.21. The summed E-state index contributed by atoms with van der Waals surface area (Å²) in [6, 6.07) is 0. The number of rotatable bonds is 29. The second kappa shape index (κ2) is 30.6. The first-order valence-corrected chi connectivity index (χ1v) is 15.8. The van der Waals surface area contributed by atoms with Crippen LogP contribution in [0.5, 0.6) is 0 Å². The monoisotopic (exact) mass is 508 g/mol. The molecule has 0 amide bonds. The first-order valence-electron chi connectivity index (χ1n) is 15.8. The van der Waals surface area contributed by atoms with Gasteiger partial charge >= 0.3 is 0 Å². The zero-order valence-electron chi connectivity index (χ0n) is 25.1. The van der Waals surface area contributed by atoms with Crippen molar-refractivity contribution in [2.75, 3.05) is 40.5 Å². The number of nitrogens with zero attached hydrogens (tertiary/aromatic N) is 1. The average Bonchev–Trinajstić information content (AvgIpc) is 2.86. The fraction of sp³-hybridized carbons (Fsp3) is 0.879. The Morgan fingerprint density at radius 3 is 1.42 bits per heavy atom. The maximum atomic E-state index is 6.18. The lowest BCUT2D eigenvalue weighted by atomic mass is 10.1. The van der Waals surface area contributed by atoms with Gasteiger partial charge in [-0.1, -0.05) is 115 Å². The zero-order valence-corrected chi connectivity index (χ0v) is 25.1. The van der Waals surface area contributed by atoms with Crippen LogP contribution in [0.1, 0.15) is 142 Å². The number of hydrogen-bond acceptors (Lipinski definition) is 3. The zero-order chi connectivity index (χ0) is 26.4. The van der Waals surface area contributed by atoms with Gasteiger partial charge in [0.1, 0.15) is 0 Å². The molecule has 0 aromatic carbocycles. The van der Waals surface area contributed by atoms with Crippen molar-refractivity contribution in [3.05, 3.63) is 24.3 Å². The van der Waals surface area contributed by atoms with Gasteiger partial charge < -0.3 is 14.4 Å². The molecule has 1 unspecified atom stereocenters. The molecule has 0 aromatic rings. The summed E-state index contributed by atoms with van der Waals surface area (Å²) in [5, 5.41) is 0. The van der Waals surface area contributed by atoms with Gasteiger partial charge in [0, 0.05) is 19.8 Å². The van der Waals surface area contributed by atoms with Crippen molar-refractivity contribution >= 4 is 0 Å². The van der Waals surface area contributed by atoms with Gasteiger partial charge in [0.2, 0.25) is 0 Å². The summed E-state index contributed by atoms with van der Waals surface area (Å²) in [5.41, 5.74) is 0. The van der Waals surface area contributed by atoms with Crippen LogP contribution in [-0.2, 0) is 9.47 Å². The van der Waals surface area contributed by atoms with Crippen LogP contribution in [0.3, 0.4) is 0 Å². The molecule has 0 N–H and O–H groups in total. The molecule has 0 heterocycles. The van der Waals surface area contributed by atoms with Gasteiger partial charge in [0.05, 0.1) is 12.7 Å². The molecule has 0 rings (SSSR count). The Morgan fingerprint density at radius 1 is 0.528 bits per heavy atom. The van der Waals surface area contributed by atoms with E-state index >= 15 is 0 Å². The van der Waals surface area contributed by atoms with Crippen molar-refractivity contribution in [3.63, 3.8) is 0 Å². The van der Waals surface area contributed by atoms with Gasteiger partial charge in [0.25, 0.3) is 0 Å². The fourth-order valence-electron chi connectivity index (χ4n) is 4.39. The smallest absolute Gasteiger partial charge is 0.0934 e. The van der Waals surface area contributed by atoms with E-state index in [0.29, 0.717) is 0 Å². The maximum Gasteiger partial charge on any atom is 0.0934 e. The molecule has 0 aliphatic rings. The predicted octanol–water partition coefficient (Wildman–Crippen LogP) is 9.90. The molecule has 0 aromatic heterocycles. The van der Waals surface area contributed by atoms with Gasteiger partial charge in [-0.15, -0.1) is 0 Å². The van der Waals surface area contributed by atoms with Gasteiger partial charge in [0.15, 0.2) is 0 Å². The third-order valence-electron chi connectivity index (χ3n) is 6.68. The van der Waals surface area contributed by atoms with E-state index in [4.69, 9.17) is 9.47 Å². The van der Waals surface area contributed by atoms with Gasteiger partial charge in [-0.3, -0.25) is 0 Å². The Bertz CT molecular complexity index is 461. The highest BCUT2D eigenvalue weighted by molar-refractivity contribution is 4.81. The van der Waals surface area contributed by atoms with Crippen LogP contribution in [0, 0.1) is 0 Å². The highest BCUT2D eigenvalue weighted by Crippen LogP contribution is 2.10. The van der Waals surface area contributed by atoms with Crippen LogP contribution in [0.25, 0.3) is 0 Å². The van der Waals surface area contributed by atoms with Crippen LogP contribution >= 0.6 is 0 Å². The molecule has 1 atom stereocenters. The molecular formula is C33H65NO2. The van der Waals surface area contributed by atoms with E-state index in [9.17, 15) is 0 Å². The summed E-state index contributed by atoms with van der Waals surface area (Å²) in [4.78, 5) is 2.21. The first-order chi connectivity index (χ1) is 17.7. The summed E-state index contributed by atoms with van der Waals surface area (Å²) in [6.07, 6.45) is 35.8. The number of likely N-dealkylation sites (N-methyl/N-ethyl adjacent to an activating group) is 1. The Labute approximate surface area is 227 Å². The van der Waals surface area contributed by atoms with E-state index in [0.717, 1.165) is 26.4 Å². The summed E-state index contributed by atoms with van der Waals surface area (Å²) in [5.74, 6) is 0. The maximum absolute atomic E-state index is 6.18. The molecule has 0 bridgehead atoms. The molecule has 0 aliphatic heterocycles. The molecule has 0 aliphatic carbocycles. The predicted molar refractivity (Wildman–Crippen MR) is 161 cm³/mol. The number of allylic oxidation sites excluding steroid dienone is 4. The second-order valence-corrected chi connectivity index (χ2v) is 10.9. The minimum atomic E-state index is 0.199. The lowest BCUT2D eigenvalue weighted by molar-refractivity contribution is -0.0287. The van der Waals surface area contributed by atoms with E-state index < -0.39 is 0 Å². The van der Waals surface area contributed by atoms with Crippen LogP contribution in [0.15, 0.2) is 24.3 Å². The first kappa shape index (κ1) is 35.4. The Hall–Kier alpha value is -0.640. The average molecular weight is 508 g/mol. The summed E-state index contributed by atoms with van der Waals surface area (Å²) >= 11 is 0. The highest BCUT2D eigenvalue weighted by atomic mass is 16.5. The molecule has 0 radical (unpaired) electrons. The van der Waals surface area contributed by atoms with Gasteiger partial charge in [-0.2, -0.15) is 0 Å². The highest BCUT2D eigenvalue weighted by Gasteiger charge is 2.10. The standard InChI is InChI=1S/C33H65NO2/c1-5-7-9-11-13-15-17-19-21-23-25-27-29-35-32-33(31-34(3)4)36-30-28-26-24-22-20-18-16-14-12-10-8-6-2/h11-14,33H,5-10,15-32H2,1-4H3/b13-11-,14-12-. The van der Waals surface area contributed by atoms with Crippen molar-refractivity contribution in [2.24, 2.45) is 0 Å². The van der Waals surface area contributed by atoms with E-state index in [2.05, 4.69) is 57.1 Å². The third-order valence-corrected chi connectivity index (χ3v) is 6.68. The van der Waals surface area contributed by atoms with Gasteiger partial charge in [-0.05, 0) is 65.5 Å². The van der Waals surface area contributed by atoms with Crippen molar-refractivity contribution in [3.8, 4) is 0 Å². The van der Waals surface area contributed by atoms with E-state index in [1.807, 2.05) is 0 Å². The minimum absolute atomic E-state index is 0.199. The summed E-state index contributed by atoms with van der Waals surface area (Å²) in [7, 11) is 4.24. The summed E-state index contributed by atoms with van der Waals surface area (Å²) < 4.78 is 12.2. The second-order valence-electron chi connectivity index (χ2n) is 10.9. The molecule has 0 spiro atoms. The number of hydrogen-bond donors (Lipinski definition) is 0. The largest absolute Gasteiger partial charge is 0.379 e. The van der Waals surface area contributed by atoms with E-state index in [-0.39, 0.29) is 6.10 Å². The Balaban J connectivity index is 3.56. The van der Waals surface area contributed by atoms with Crippen molar-refractivity contribution in [1.29, 1.82) is 0 Å². The quantitative estimate of drug-likeness (QED) is 0.0742. The molecule has 0 fully saturated rings. The van der Waals surface area contributed by atoms with Crippen LogP contribution in [0.2, 0.25) is 0 Å². The molecule has 36 heavy (non-hydrogen) atoms. The van der Waals surface area contributed by atoms with E-state index in [1.54, 1.807) is 0 Å². The SMILES string of the molecule is CCCC/C=C\CCCCCCCCOCC(CN(C)C)OCCCCCCCC/C=C\CCCC. The lowest BCUT2D eigenvalue weighted by Crippen LogP contribution is -2.32. The molecule has 0 saturated carbocycles. The number of ether oxygens (including phenoxy) is 2. The molecule has 0 saturated heterocycles. The molecule has 3 heteroatoms. The van der Waals surface area contributed by atoms with Crippen LogP contribution in [0.4, 0.5) is 0 Å². The normalized spacial score (nSPS) is 13.0. The minimum Gasteiger partial charge on any atom is -0.379 e. The molecular weight excluding hydrogens is 442 g/mol. The van der Waals surface area contributed by atoms with Crippen LogP contribution < -0.4 is 0 Å². The van der Waals surface area contributed by atoms with Crippen molar-refractivity contribution < 1.29 is 9.47 Å². The fourth-order valence-corrected chi connectivity index (χ4v) is 4.39. The molecule has 3 nitrogen and oxygen atoms in total. The topological polar surface area (TPSA) is 21.7 Å². The Morgan fingerprint density at radius 2 is 0.944 bits per heavy atom. The van der Waals surface area contributed by atoms with Crippen molar-refractivity contribution in [1.82, 2.24) is 4.90 Å². The van der Waals surface area contributed by atoms with Crippen LogP contribution in [-0.4, -0.2) is 51.5 Å². The van der Waals surface area contributed by atoms with Crippen molar-refractivity contribution in [2.45, 2.75) is 148 Å². The number of unbranched alkanes of at least 4 members (excludes halogenated alkanes) is 16. The third kappa shape index (κ3) is 29.6. The molecule has 214 valence electrons. The Kier molecular flexibility index (Phi) is 30.0. The van der Waals surface area contributed by atoms with E-state index in [1.165, 1.54) is 128 Å². The summed E-state index contributed by atoms with van der Waals surface area (Å²) in [6.45, 7) is 7.94. The van der Waals surface area contributed by atoms with Gasteiger partial charge in [-0.25, -0.2) is 0 Å².